The second-order valence-electron chi connectivity index (χ2n) is 5.05. The summed E-state index contributed by atoms with van der Waals surface area (Å²) >= 11 is 2.21. The third-order valence-electron chi connectivity index (χ3n) is 2.72. The molecule has 112 valence electrons. The lowest BCUT2D eigenvalue weighted by Crippen LogP contribution is -2.44. The van der Waals surface area contributed by atoms with Gasteiger partial charge in [0.05, 0.1) is 5.54 Å². The van der Waals surface area contributed by atoms with Gasteiger partial charge in [-0.1, -0.05) is 5.16 Å². The van der Waals surface area contributed by atoms with Gasteiger partial charge in [0.25, 0.3) is 5.91 Å². The minimum Gasteiger partial charge on any atom is -0.484 e. The summed E-state index contributed by atoms with van der Waals surface area (Å²) in [5, 5.41) is 6.64. The lowest BCUT2D eigenvalue weighted by Gasteiger charge is -2.22. The normalized spacial score (nSPS) is 11.2. The molecule has 0 aliphatic heterocycles. The van der Waals surface area contributed by atoms with Crippen molar-refractivity contribution in [1.29, 1.82) is 0 Å². The fourth-order valence-corrected chi connectivity index (χ4v) is 2.03. The van der Waals surface area contributed by atoms with Crippen LogP contribution in [0.25, 0.3) is 0 Å². The van der Waals surface area contributed by atoms with Crippen LogP contribution in [0.2, 0.25) is 0 Å². The van der Waals surface area contributed by atoms with Crippen LogP contribution in [0.5, 0.6) is 5.75 Å². The van der Waals surface area contributed by atoms with E-state index in [4.69, 9.17) is 9.26 Å². The molecular weight excluding hydrogens is 385 g/mol. The summed E-state index contributed by atoms with van der Waals surface area (Å²) in [7, 11) is 0. The molecule has 6 nitrogen and oxygen atoms in total. The Morgan fingerprint density at radius 2 is 2.05 bits per heavy atom. The zero-order valence-electron chi connectivity index (χ0n) is 12.0. The molecular formula is C14H16IN3O3. The van der Waals surface area contributed by atoms with Gasteiger partial charge in [-0.25, -0.2) is 0 Å². The van der Waals surface area contributed by atoms with Gasteiger partial charge in [0.2, 0.25) is 5.89 Å². The first-order valence-corrected chi connectivity index (χ1v) is 7.45. The number of aromatic nitrogens is 2. The smallest absolute Gasteiger partial charge is 0.258 e. The predicted octanol–water partition coefficient (Wildman–Crippen LogP) is 2.41. The Kier molecular flexibility index (Phi) is 4.81. The Labute approximate surface area is 136 Å². The maximum absolute atomic E-state index is 12.0. The molecule has 1 aromatic heterocycles. The van der Waals surface area contributed by atoms with E-state index >= 15 is 0 Å². The van der Waals surface area contributed by atoms with Gasteiger partial charge in [0.1, 0.15) is 5.75 Å². The highest BCUT2D eigenvalue weighted by Gasteiger charge is 2.28. The lowest BCUT2D eigenvalue weighted by atomic mass is 10.1. The monoisotopic (exact) mass is 401 g/mol. The van der Waals surface area contributed by atoms with E-state index in [9.17, 15) is 4.79 Å². The second kappa shape index (κ2) is 6.42. The molecule has 0 spiro atoms. The number of halogens is 1. The topological polar surface area (TPSA) is 77.2 Å². The van der Waals surface area contributed by atoms with E-state index in [-0.39, 0.29) is 12.5 Å². The van der Waals surface area contributed by atoms with Gasteiger partial charge in [-0.15, -0.1) is 0 Å². The quantitative estimate of drug-likeness (QED) is 0.779. The van der Waals surface area contributed by atoms with Gasteiger partial charge in [-0.05, 0) is 60.7 Å². The minimum absolute atomic E-state index is 0.0686. The Balaban J connectivity index is 1.90. The van der Waals surface area contributed by atoms with Gasteiger partial charge >= 0.3 is 0 Å². The van der Waals surface area contributed by atoms with Crippen LogP contribution >= 0.6 is 22.6 Å². The average Bonchev–Trinajstić information content (AvgIpc) is 2.85. The van der Waals surface area contributed by atoms with Crippen LogP contribution in [-0.2, 0) is 10.3 Å². The van der Waals surface area contributed by atoms with Crippen LogP contribution in [-0.4, -0.2) is 22.7 Å². The third-order valence-corrected chi connectivity index (χ3v) is 3.44. The van der Waals surface area contributed by atoms with Crippen molar-refractivity contribution in [3.63, 3.8) is 0 Å². The fourth-order valence-electron chi connectivity index (χ4n) is 1.67. The van der Waals surface area contributed by atoms with Crippen LogP contribution < -0.4 is 10.1 Å². The van der Waals surface area contributed by atoms with Crippen molar-refractivity contribution >= 4 is 28.5 Å². The van der Waals surface area contributed by atoms with Crippen LogP contribution in [0, 0.1) is 10.5 Å². The van der Waals surface area contributed by atoms with Gasteiger partial charge < -0.3 is 14.6 Å². The number of carbonyl (C=O) groups excluding carboxylic acids is 1. The Bertz CT molecular complexity index is 623. The van der Waals surface area contributed by atoms with E-state index in [1.54, 1.807) is 20.8 Å². The largest absolute Gasteiger partial charge is 0.484 e. The second-order valence-corrected chi connectivity index (χ2v) is 6.30. The summed E-state index contributed by atoms with van der Waals surface area (Å²) in [4.78, 5) is 16.1. The van der Waals surface area contributed by atoms with E-state index in [1.807, 2.05) is 24.3 Å². The van der Waals surface area contributed by atoms with Gasteiger partial charge in [0, 0.05) is 10.5 Å². The third kappa shape index (κ3) is 4.42. The summed E-state index contributed by atoms with van der Waals surface area (Å²) < 4.78 is 11.5. The Morgan fingerprint density at radius 3 is 2.62 bits per heavy atom. The van der Waals surface area contributed by atoms with Crippen molar-refractivity contribution in [2.24, 2.45) is 0 Å². The number of ether oxygens (including phenoxy) is 1. The number of hydrogen-bond donors (Lipinski definition) is 1. The van der Waals surface area contributed by atoms with Gasteiger partial charge in [0.15, 0.2) is 12.4 Å². The van der Waals surface area contributed by atoms with Crippen LogP contribution in [0.15, 0.2) is 28.8 Å². The van der Waals surface area contributed by atoms with E-state index in [0.717, 1.165) is 3.57 Å². The van der Waals surface area contributed by atoms with E-state index in [2.05, 4.69) is 38.0 Å². The summed E-state index contributed by atoms with van der Waals surface area (Å²) in [6.45, 7) is 5.25. The maximum atomic E-state index is 12.0. The first-order valence-electron chi connectivity index (χ1n) is 6.37. The molecule has 1 heterocycles. The fraction of sp³-hybridized carbons (Fsp3) is 0.357. The van der Waals surface area contributed by atoms with Crippen LogP contribution in [0.1, 0.15) is 25.6 Å². The molecule has 0 saturated heterocycles. The number of rotatable bonds is 5. The molecule has 0 fully saturated rings. The average molecular weight is 401 g/mol. The molecule has 1 aromatic carbocycles. The highest BCUT2D eigenvalue weighted by molar-refractivity contribution is 14.1. The molecule has 0 radical (unpaired) electrons. The van der Waals surface area contributed by atoms with Crippen LogP contribution in [0.3, 0.4) is 0 Å². The Hall–Kier alpha value is -1.64. The van der Waals surface area contributed by atoms with Crippen molar-refractivity contribution in [3.05, 3.63) is 39.6 Å². The Morgan fingerprint density at radius 1 is 1.38 bits per heavy atom. The first kappa shape index (κ1) is 15.7. The molecule has 1 N–H and O–H groups in total. The molecule has 0 bridgehead atoms. The standard InChI is InChI=1S/C14H16IN3O3/c1-9-16-13(18-21-9)14(2,3)17-12(19)8-20-11-6-4-10(15)5-7-11/h4-7H,8H2,1-3H3,(H,17,19). The molecule has 21 heavy (non-hydrogen) atoms. The van der Waals surface area contributed by atoms with Gasteiger partial charge in [-0.3, -0.25) is 4.79 Å². The number of amides is 1. The predicted molar refractivity (Wildman–Crippen MR) is 84.9 cm³/mol. The van der Waals surface area contributed by atoms with Crippen molar-refractivity contribution in [2.75, 3.05) is 6.61 Å². The molecule has 7 heteroatoms. The molecule has 1 amide bonds. The molecule has 2 rings (SSSR count). The molecule has 2 aromatic rings. The lowest BCUT2D eigenvalue weighted by molar-refractivity contribution is -0.124. The SMILES string of the molecule is Cc1nc(C(C)(C)NC(=O)COc2ccc(I)cc2)no1. The number of carbonyl (C=O) groups is 1. The van der Waals surface area contributed by atoms with Crippen molar-refractivity contribution in [1.82, 2.24) is 15.5 Å². The summed E-state index contributed by atoms with van der Waals surface area (Å²) in [6.07, 6.45) is 0. The highest BCUT2D eigenvalue weighted by Crippen LogP contribution is 2.17. The van der Waals surface area contributed by atoms with Crippen molar-refractivity contribution in [3.8, 4) is 5.75 Å². The summed E-state index contributed by atoms with van der Waals surface area (Å²) in [5.74, 6) is 1.30. The number of hydrogen-bond acceptors (Lipinski definition) is 5. The molecule has 0 atom stereocenters. The van der Waals surface area contributed by atoms with Crippen LogP contribution in [0.4, 0.5) is 0 Å². The molecule has 0 aliphatic rings. The summed E-state index contributed by atoms with van der Waals surface area (Å²) in [6, 6.07) is 7.48. The molecule has 0 unspecified atom stereocenters. The van der Waals surface area contributed by atoms with Crippen molar-refractivity contribution in [2.45, 2.75) is 26.3 Å². The minimum atomic E-state index is -0.718. The highest BCUT2D eigenvalue weighted by atomic mass is 127. The zero-order valence-corrected chi connectivity index (χ0v) is 14.2. The number of nitrogens with one attached hydrogen (secondary N) is 1. The van der Waals surface area contributed by atoms with E-state index in [0.29, 0.717) is 17.5 Å². The number of nitrogens with zero attached hydrogens (tertiary/aromatic N) is 2. The number of benzene rings is 1. The maximum Gasteiger partial charge on any atom is 0.258 e. The van der Waals surface area contributed by atoms with Crippen molar-refractivity contribution < 1.29 is 14.1 Å². The van der Waals surface area contributed by atoms with E-state index in [1.165, 1.54) is 0 Å². The van der Waals surface area contributed by atoms with E-state index < -0.39 is 5.54 Å². The summed E-state index contributed by atoms with van der Waals surface area (Å²) in [5.41, 5.74) is -0.718. The molecule has 0 saturated carbocycles. The van der Waals surface area contributed by atoms with Gasteiger partial charge in [-0.2, -0.15) is 4.98 Å². The first-order chi connectivity index (χ1) is 9.87. The number of aryl methyl sites for hydroxylation is 1. The zero-order chi connectivity index (χ0) is 15.5. The molecule has 0 aliphatic carbocycles.